The van der Waals surface area contributed by atoms with Crippen LogP contribution in [0.15, 0.2) is 0 Å². The van der Waals surface area contributed by atoms with Crippen molar-refractivity contribution in [3.8, 4) is 0 Å². The highest BCUT2D eigenvalue weighted by atomic mass is 16.5. The molecule has 0 unspecified atom stereocenters. The molecule has 0 saturated carbocycles. The average molecular weight is 755 g/mol. The van der Waals surface area contributed by atoms with Crippen molar-refractivity contribution in [3.05, 3.63) is 0 Å². The van der Waals surface area contributed by atoms with Gasteiger partial charge in [-0.1, -0.05) is 169 Å². The van der Waals surface area contributed by atoms with Gasteiger partial charge in [0.2, 0.25) is 0 Å². The van der Waals surface area contributed by atoms with Crippen LogP contribution in [0, 0.1) is 5.92 Å². The molecule has 0 heterocycles. The quantitative estimate of drug-likeness (QED) is 0.0494. The summed E-state index contributed by atoms with van der Waals surface area (Å²) in [6.07, 6.45) is 42.9. The molecule has 0 aromatic heterocycles. The molecule has 2 N–H and O–H groups in total. The van der Waals surface area contributed by atoms with E-state index in [-0.39, 0.29) is 0 Å². The second-order valence-corrected chi connectivity index (χ2v) is 15.6. The number of nitrogens with zero attached hydrogens (tertiary/aromatic N) is 1. The Labute approximate surface area is 333 Å². The van der Waals surface area contributed by atoms with Crippen LogP contribution in [0.4, 0.5) is 0 Å². The van der Waals surface area contributed by atoms with Crippen LogP contribution in [0.25, 0.3) is 0 Å². The third kappa shape index (κ3) is 51.2. The van der Waals surface area contributed by atoms with Crippen molar-refractivity contribution in [3.63, 3.8) is 0 Å². The summed E-state index contributed by atoms with van der Waals surface area (Å²) in [5.74, 6) is 0.917. The summed E-state index contributed by atoms with van der Waals surface area (Å²) in [5.41, 5.74) is 5.64. The molecule has 320 valence electrons. The zero-order valence-electron chi connectivity index (χ0n) is 37.1. The number of unbranched alkanes of at least 4 members (excludes halogenated alkanes) is 20. The first kappa shape index (κ1) is 56.5. The van der Waals surface area contributed by atoms with E-state index in [1.54, 1.807) is 7.11 Å². The van der Waals surface area contributed by atoms with Gasteiger partial charge in [-0.15, -0.1) is 0 Å². The molecule has 0 aliphatic heterocycles. The molecule has 6 nitrogen and oxygen atoms in total. The number of nitrogens with two attached hydrogens (primary N) is 1. The first-order valence-corrected chi connectivity index (χ1v) is 23.4. The fraction of sp³-hybridized carbons (Fsp3) is 0.957. The van der Waals surface area contributed by atoms with Crippen molar-refractivity contribution in [2.24, 2.45) is 11.7 Å². The normalized spacial score (nSPS) is 11.1. The van der Waals surface area contributed by atoms with Crippen molar-refractivity contribution in [2.45, 2.75) is 239 Å². The summed E-state index contributed by atoms with van der Waals surface area (Å²) >= 11 is 0. The van der Waals surface area contributed by atoms with Crippen LogP contribution in [0.2, 0.25) is 0 Å². The maximum atomic E-state index is 10.2. The lowest BCUT2D eigenvalue weighted by atomic mass is 9.93. The molecule has 6 heteroatoms. The summed E-state index contributed by atoms with van der Waals surface area (Å²) < 4.78 is 10.7. The van der Waals surface area contributed by atoms with Crippen LogP contribution < -0.4 is 5.73 Å². The van der Waals surface area contributed by atoms with Gasteiger partial charge >= 0.3 is 0 Å². The largest absolute Gasteiger partial charge is 0.385 e. The smallest absolute Gasteiger partial charge is 0.119 e. The van der Waals surface area contributed by atoms with Gasteiger partial charge in [0.05, 0.1) is 6.10 Å². The minimum atomic E-state index is 0.526. The van der Waals surface area contributed by atoms with E-state index >= 15 is 0 Å². The monoisotopic (exact) mass is 755 g/mol. The Morgan fingerprint density at radius 3 is 1.26 bits per heavy atom. The Bertz CT molecular complexity index is 595. The van der Waals surface area contributed by atoms with Gasteiger partial charge in [0.1, 0.15) is 12.6 Å². The van der Waals surface area contributed by atoms with Crippen LogP contribution in [0.1, 0.15) is 233 Å². The number of hydrogen-bond acceptors (Lipinski definition) is 6. The highest BCUT2D eigenvalue weighted by molar-refractivity contribution is 5.49. The maximum absolute atomic E-state index is 10.2. The van der Waals surface area contributed by atoms with Gasteiger partial charge in [-0.2, -0.15) is 0 Å². The summed E-state index contributed by atoms with van der Waals surface area (Å²) in [7, 11) is 3.68. The Morgan fingerprint density at radius 1 is 0.472 bits per heavy atom. The van der Waals surface area contributed by atoms with E-state index in [1.165, 1.54) is 186 Å². The molecule has 53 heavy (non-hydrogen) atoms. The van der Waals surface area contributed by atoms with Gasteiger partial charge < -0.3 is 29.7 Å². The van der Waals surface area contributed by atoms with Gasteiger partial charge in [0, 0.05) is 33.7 Å². The molecule has 0 aliphatic carbocycles. The number of hydrogen-bond donors (Lipinski definition) is 1. The standard InChI is InChI=1S/C19H38N2O2.C16H34O.C12H26O/c20-14-13-17-21(15-9-5-1-3-7-11-18-22)16-10-6-2-4-8-12-19-23;1-4-6-8-10-12-14-16(17-3)15-13-11-9-7-5-2;1-4-6-8-12(9-7-5-2)10-11-13-3/h18-19H,1-17,20H2;16H,4-15H2,1-3H3;12H,4-11H2,1-3H3. The van der Waals surface area contributed by atoms with Gasteiger partial charge in [-0.25, -0.2) is 0 Å². The first-order chi connectivity index (χ1) is 26.0. The van der Waals surface area contributed by atoms with Crippen LogP contribution in [-0.2, 0) is 19.1 Å². The molecule has 0 fully saturated rings. The third-order valence-electron chi connectivity index (χ3n) is 10.5. The molecule has 0 aromatic rings. The van der Waals surface area contributed by atoms with Crippen molar-refractivity contribution >= 4 is 12.6 Å². The van der Waals surface area contributed by atoms with Gasteiger partial charge in [0.15, 0.2) is 0 Å². The van der Waals surface area contributed by atoms with E-state index in [2.05, 4.69) is 32.6 Å². The van der Waals surface area contributed by atoms with Gasteiger partial charge in [0.25, 0.3) is 0 Å². The molecule has 0 spiro atoms. The molecule has 0 radical (unpaired) electrons. The SMILES string of the molecule is CCCCC(CCCC)CCOC.CCCCCCCC(CCCCCCC)OC.NCCCN(CCCCCCCC=O)CCCCCCCC=O. The predicted molar refractivity (Wildman–Crippen MR) is 234 cm³/mol. The maximum Gasteiger partial charge on any atom is 0.119 e. The molecule has 0 aromatic carbocycles. The zero-order valence-corrected chi connectivity index (χ0v) is 37.1. The molecule has 0 atom stereocenters. The number of ether oxygens (including phenoxy) is 2. The lowest BCUT2D eigenvalue weighted by Crippen LogP contribution is -2.28. The summed E-state index contributed by atoms with van der Waals surface area (Å²) in [6.45, 7) is 14.3. The lowest BCUT2D eigenvalue weighted by molar-refractivity contribution is -0.108. The molecular weight excluding hydrogens is 657 g/mol. The fourth-order valence-corrected chi connectivity index (χ4v) is 6.87. The van der Waals surface area contributed by atoms with Crippen LogP contribution in [0.3, 0.4) is 0 Å². The molecular formula is C47H98N2O4. The summed E-state index contributed by atoms with van der Waals surface area (Å²) in [6, 6.07) is 0. The van der Waals surface area contributed by atoms with Gasteiger partial charge in [-0.05, 0) is 83.5 Å². The molecule has 0 aliphatic rings. The summed E-state index contributed by atoms with van der Waals surface area (Å²) in [5, 5.41) is 0. The average Bonchev–Trinajstić information content (AvgIpc) is 3.18. The van der Waals surface area contributed by atoms with Crippen molar-refractivity contribution < 1.29 is 19.1 Å². The topological polar surface area (TPSA) is 81.9 Å². The van der Waals surface area contributed by atoms with Crippen LogP contribution in [0.5, 0.6) is 0 Å². The molecule has 0 bridgehead atoms. The number of carbonyl (C=O) groups excluding carboxylic acids is 2. The Hall–Kier alpha value is -0.820. The van der Waals surface area contributed by atoms with Crippen molar-refractivity contribution in [1.82, 2.24) is 4.90 Å². The van der Waals surface area contributed by atoms with Gasteiger partial charge in [-0.3, -0.25) is 0 Å². The highest BCUT2D eigenvalue weighted by Crippen LogP contribution is 2.20. The fourth-order valence-electron chi connectivity index (χ4n) is 6.87. The van der Waals surface area contributed by atoms with E-state index in [4.69, 9.17) is 15.2 Å². The highest BCUT2D eigenvalue weighted by Gasteiger charge is 2.08. The second kappa shape index (κ2) is 53.3. The van der Waals surface area contributed by atoms with Crippen molar-refractivity contribution in [2.75, 3.05) is 47.0 Å². The minimum absolute atomic E-state index is 0.526. The first-order valence-electron chi connectivity index (χ1n) is 23.4. The zero-order chi connectivity index (χ0) is 39.7. The number of aldehydes is 2. The number of carbonyl (C=O) groups is 2. The molecule has 0 amide bonds. The van der Waals surface area contributed by atoms with E-state index < -0.39 is 0 Å². The van der Waals surface area contributed by atoms with E-state index in [0.29, 0.717) is 6.10 Å². The molecule has 0 saturated heterocycles. The number of methoxy groups -OCH3 is 2. The van der Waals surface area contributed by atoms with Crippen molar-refractivity contribution in [1.29, 1.82) is 0 Å². The van der Waals surface area contributed by atoms with Crippen LogP contribution in [-0.4, -0.2) is 70.6 Å². The molecule has 0 rings (SSSR count). The third-order valence-corrected chi connectivity index (χ3v) is 10.5. The second-order valence-electron chi connectivity index (χ2n) is 15.6. The predicted octanol–water partition coefficient (Wildman–Crippen LogP) is 13.5. The number of rotatable bonds is 41. The Balaban J connectivity index is -0.000000739. The van der Waals surface area contributed by atoms with Crippen LogP contribution >= 0.6 is 0 Å². The summed E-state index contributed by atoms with van der Waals surface area (Å²) in [4.78, 5) is 23.1. The lowest BCUT2D eigenvalue weighted by Gasteiger charge is -2.22. The Kier molecular flexibility index (Phi) is 56.8. The van der Waals surface area contributed by atoms with E-state index in [0.717, 1.165) is 70.3 Å². The van der Waals surface area contributed by atoms with E-state index in [1.807, 2.05) is 7.11 Å². The minimum Gasteiger partial charge on any atom is -0.385 e. The Morgan fingerprint density at radius 2 is 0.868 bits per heavy atom. The van der Waals surface area contributed by atoms with E-state index in [9.17, 15) is 9.59 Å².